The van der Waals surface area contributed by atoms with Crippen molar-refractivity contribution in [3.63, 3.8) is 0 Å². The van der Waals surface area contributed by atoms with Gasteiger partial charge in [0.05, 0.1) is 17.3 Å². The molecule has 1 aromatic carbocycles. The van der Waals surface area contributed by atoms with E-state index in [1.165, 1.54) is 151 Å². The molecular formula is C38H55FN2S3. The maximum absolute atomic E-state index is 15.8. The topological polar surface area (TPSA) is 25.8 Å². The summed E-state index contributed by atoms with van der Waals surface area (Å²) in [6, 6.07) is 6.14. The molecule has 0 atom stereocenters. The maximum atomic E-state index is 15.8. The lowest BCUT2D eigenvalue weighted by molar-refractivity contribution is 0.556. The van der Waals surface area contributed by atoms with E-state index in [9.17, 15) is 0 Å². The van der Waals surface area contributed by atoms with Crippen LogP contribution in [0.4, 0.5) is 4.39 Å². The molecule has 3 aromatic heterocycles. The molecule has 0 aliphatic heterocycles. The van der Waals surface area contributed by atoms with Crippen molar-refractivity contribution in [3.8, 4) is 20.9 Å². The summed E-state index contributed by atoms with van der Waals surface area (Å²) in [5.41, 5.74) is 5.74. The predicted molar refractivity (Wildman–Crippen MR) is 195 cm³/mol. The lowest BCUT2D eigenvalue weighted by Crippen LogP contribution is -1.89. The van der Waals surface area contributed by atoms with E-state index in [0.29, 0.717) is 11.1 Å². The highest BCUT2D eigenvalue weighted by Gasteiger charge is 2.20. The van der Waals surface area contributed by atoms with E-state index in [-0.39, 0.29) is 5.82 Å². The number of hydrogen-bond acceptors (Lipinski definition) is 5. The van der Waals surface area contributed by atoms with Gasteiger partial charge >= 0.3 is 0 Å². The van der Waals surface area contributed by atoms with E-state index in [1.54, 1.807) is 28.7 Å². The van der Waals surface area contributed by atoms with Gasteiger partial charge in [-0.1, -0.05) is 129 Å². The van der Waals surface area contributed by atoms with Crippen LogP contribution in [0.5, 0.6) is 0 Å². The standard InChI is InChI=1S/C38H55FN2S3/c1-3-5-7-9-11-13-15-17-19-21-23-30-25-34(42-28-30)32-27-33(39)36(38-37(32)40-44-41-38)35-26-31(29-43-35)24-22-20-18-16-14-12-10-8-6-4-2/h25-29H,3-24H2,1-2H3. The van der Waals surface area contributed by atoms with Crippen LogP contribution in [0.3, 0.4) is 0 Å². The second-order valence-electron chi connectivity index (χ2n) is 12.7. The second-order valence-corrected chi connectivity index (χ2v) is 15.1. The minimum Gasteiger partial charge on any atom is -0.206 e. The van der Waals surface area contributed by atoms with Gasteiger partial charge in [0, 0.05) is 15.3 Å². The van der Waals surface area contributed by atoms with Crippen molar-refractivity contribution < 1.29 is 4.39 Å². The summed E-state index contributed by atoms with van der Waals surface area (Å²) < 4.78 is 25.0. The Hall–Kier alpha value is -1.63. The molecule has 0 spiro atoms. The molecule has 0 unspecified atom stereocenters. The van der Waals surface area contributed by atoms with E-state index in [0.717, 1.165) is 33.7 Å². The van der Waals surface area contributed by atoms with Gasteiger partial charge in [-0.3, -0.25) is 0 Å². The molecule has 0 amide bonds. The lowest BCUT2D eigenvalue weighted by atomic mass is 10.0. The van der Waals surface area contributed by atoms with Crippen molar-refractivity contribution in [3.05, 3.63) is 45.9 Å². The van der Waals surface area contributed by atoms with Crippen LogP contribution in [0.1, 0.15) is 153 Å². The largest absolute Gasteiger partial charge is 0.206 e. The molecule has 3 heterocycles. The van der Waals surface area contributed by atoms with E-state index in [4.69, 9.17) is 0 Å². The number of unbranched alkanes of at least 4 members (excludes halogenated alkanes) is 18. The van der Waals surface area contributed by atoms with Gasteiger partial charge in [0.2, 0.25) is 0 Å². The lowest BCUT2D eigenvalue weighted by Gasteiger charge is -2.06. The third-order valence-electron chi connectivity index (χ3n) is 8.95. The highest BCUT2D eigenvalue weighted by atomic mass is 32.1. The minimum atomic E-state index is -0.183. The Labute approximate surface area is 279 Å². The minimum absolute atomic E-state index is 0.183. The normalized spacial score (nSPS) is 11.7. The van der Waals surface area contributed by atoms with Gasteiger partial charge in [-0.15, -0.1) is 22.7 Å². The molecule has 0 aliphatic rings. The van der Waals surface area contributed by atoms with Gasteiger partial charge in [0.25, 0.3) is 0 Å². The molecule has 0 N–H and O–H groups in total. The number of aromatic nitrogens is 2. The van der Waals surface area contributed by atoms with E-state index >= 15 is 4.39 Å². The Morgan fingerprint density at radius 3 is 1.48 bits per heavy atom. The summed E-state index contributed by atoms with van der Waals surface area (Å²) in [5.74, 6) is -0.183. The van der Waals surface area contributed by atoms with Gasteiger partial charge in [-0.25, -0.2) is 4.39 Å². The maximum Gasteiger partial charge on any atom is 0.134 e. The fraction of sp³-hybridized carbons (Fsp3) is 0.632. The summed E-state index contributed by atoms with van der Waals surface area (Å²) in [4.78, 5) is 2.07. The third kappa shape index (κ3) is 11.3. The van der Waals surface area contributed by atoms with Crippen molar-refractivity contribution >= 4 is 45.4 Å². The quantitative estimate of drug-likeness (QED) is 0.0703. The summed E-state index contributed by atoms with van der Waals surface area (Å²) >= 11 is 4.54. The zero-order valence-electron chi connectivity index (χ0n) is 27.4. The van der Waals surface area contributed by atoms with E-state index in [2.05, 4.69) is 45.5 Å². The number of halogens is 1. The molecule has 2 nitrogen and oxygen atoms in total. The fourth-order valence-electron chi connectivity index (χ4n) is 6.25. The van der Waals surface area contributed by atoms with Gasteiger partial charge in [0.15, 0.2) is 0 Å². The van der Waals surface area contributed by atoms with Crippen LogP contribution in [0.25, 0.3) is 31.9 Å². The first kappa shape index (κ1) is 35.2. The predicted octanol–water partition coefficient (Wildman–Crippen LogP) is 14.2. The summed E-state index contributed by atoms with van der Waals surface area (Å²) in [7, 11) is 0. The van der Waals surface area contributed by atoms with Gasteiger partial charge < -0.3 is 0 Å². The summed E-state index contributed by atoms with van der Waals surface area (Å²) in [6.45, 7) is 4.56. The Morgan fingerprint density at radius 1 is 0.523 bits per heavy atom. The van der Waals surface area contributed by atoms with E-state index in [1.807, 2.05) is 0 Å². The van der Waals surface area contributed by atoms with Crippen LogP contribution in [-0.4, -0.2) is 8.75 Å². The number of fused-ring (bicyclic) bond motifs is 1. The van der Waals surface area contributed by atoms with Crippen LogP contribution in [-0.2, 0) is 12.8 Å². The summed E-state index contributed by atoms with van der Waals surface area (Å²) in [5, 5.41) is 4.46. The van der Waals surface area contributed by atoms with E-state index < -0.39 is 0 Å². The van der Waals surface area contributed by atoms with Crippen LogP contribution in [0.2, 0.25) is 0 Å². The SMILES string of the molecule is CCCCCCCCCCCCc1csc(-c2cc(F)c(-c3cc(CCCCCCCCCCCC)cs3)c3nsnc23)c1. The van der Waals surface area contributed by atoms with Crippen molar-refractivity contribution in [2.45, 2.75) is 155 Å². The molecule has 44 heavy (non-hydrogen) atoms. The van der Waals surface area contributed by atoms with Crippen molar-refractivity contribution in [1.82, 2.24) is 8.75 Å². The number of thiophene rings is 2. The summed E-state index contributed by atoms with van der Waals surface area (Å²) in [6.07, 6.45) is 29.2. The molecule has 0 aliphatic carbocycles. The molecule has 0 saturated carbocycles. The molecule has 4 rings (SSSR count). The fourth-order valence-corrected chi connectivity index (χ4v) is 8.78. The number of hydrogen-bond donors (Lipinski definition) is 0. The molecule has 0 saturated heterocycles. The first-order chi connectivity index (χ1) is 21.7. The first-order valence-electron chi connectivity index (χ1n) is 17.8. The Bertz CT molecular complexity index is 1340. The van der Waals surface area contributed by atoms with Crippen molar-refractivity contribution in [2.75, 3.05) is 0 Å². The number of rotatable bonds is 24. The van der Waals surface area contributed by atoms with Gasteiger partial charge in [-0.05, 0) is 65.8 Å². The smallest absolute Gasteiger partial charge is 0.134 e. The highest BCUT2D eigenvalue weighted by Crippen LogP contribution is 2.41. The Kier molecular flexibility index (Phi) is 16.4. The zero-order valence-corrected chi connectivity index (χ0v) is 29.9. The van der Waals surface area contributed by atoms with Gasteiger partial charge in [-0.2, -0.15) is 8.75 Å². The molecule has 0 bridgehead atoms. The first-order valence-corrected chi connectivity index (χ1v) is 20.3. The Morgan fingerprint density at radius 2 is 0.955 bits per heavy atom. The van der Waals surface area contributed by atoms with Gasteiger partial charge in [0.1, 0.15) is 16.9 Å². The highest BCUT2D eigenvalue weighted by molar-refractivity contribution is 7.14. The molecule has 4 aromatic rings. The average Bonchev–Trinajstić information content (AvgIpc) is 3.81. The monoisotopic (exact) mass is 654 g/mol. The molecular weight excluding hydrogens is 600 g/mol. The van der Waals surface area contributed by atoms with Crippen LogP contribution >= 0.6 is 34.4 Å². The average molecular weight is 655 g/mol. The second kappa shape index (κ2) is 20.5. The van der Waals surface area contributed by atoms with Crippen LogP contribution in [0, 0.1) is 5.82 Å². The van der Waals surface area contributed by atoms with Crippen LogP contribution < -0.4 is 0 Å². The molecule has 6 heteroatoms. The third-order valence-corrected chi connectivity index (χ3v) is 11.5. The number of nitrogens with zero attached hydrogens (tertiary/aromatic N) is 2. The molecule has 242 valence electrons. The van der Waals surface area contributed by atoms with Crippen LogP contribution in [0.15, 0.2) is 29.0 Å². The number of benzene rings is 1. The number of aryl methyl sites for hydroxylation is 2. The molecule has 0 fully saturated rings. The van der Waals surface area contributed by atoms with Crippen molar-refractivity contribution in [2.24, 2.45) is 0 Å². The Balaban J connectivity index is 1.25. The zero-order chi connectivity index (χ0) is 30.8. The molecule has 0 radical (unpaired) electrons. The van der Waals surface area contributed by atoms with Crippen molar-refractivity contribution in [1.29, 1.82) is 0 Å².